The number of aromatic hydroxyl groups is 1. The molecule has 1 fully saturated rings. The summed E-state index contributed by atoms with van der Waals surface area (Å²) in [5.41, 5.74) is 0.891. The molecule has 0 bridgehead atoms. The predicted molar refractivity (Wildman–Crippen MR) is 86.7 cm³/mol. The Bertz CT molecular complexity index is 527. The van der Waals surface area contributed by atoms with E-state index in [4.69, 9.17) is 6.42 Å². The van der Waals surface area contributed by atoms with Crippen molar-refractivity contribution in [1.29, 1.82) is 0 Å². The number of guanidine groups is 1. The smallest absolute Gasteiger partial charge is 0.195 e. The van der Waals surface area contributed by atoms with Gasteiger partial charge in [-0.25, -0.2) is 4.99 Å². The van der Waals surface area contributed by atoms with Crippen molar-refractivity contribution in [1.82, 2.24) is 10.2 Å². The number of benzene rings is 1. The van der Waals surface area contributed by atoms with Crippen LogP contribution in [0.25, 0.3) is 0 Å². The maximum atomic E-state index is 9.92. The van der Waals surface area contributed by atoms with E-state index < -0.39 is 0 Å². The van der Waals surface area contributed by atoms with E-state index in [1.807, 2.05) is 25.1 Å². The quantitative estimate of drug-likeness (QED) is 0.496. The molecule has 0 amide bonds. The van der Waals surface area contributed by atoms with Crippen LogP contribution in [0.1, 0.15) is 6.92 Å². The summed E-state index contributed by atoms with van der Waals surface area (Å²) in [5.74, 6) is 3.74. The maximum absolute atomic E-state index is 9.92. The Hall–Kier alpha value is -2.35. The Balaban J connectivity index is 1.99. The molecule has 1 aromatic rings. The molecule has 0 unspecified atom stereocenters. The molecule has 5 heteroatoms. The van der Waals surface area contributed by atoms with Gasteiger partial charge in [-0.3, -0.25) is 0 Å². The number of rotatable bonds is 3. The number of aliphatic imine (C=N–C) groups is 1. The van der Waals surface area contributed by atoms with Crippen LogP contribution in [0.15, 0.2) is 29.3 Å². The van der Waals surface area contributed by atoms with Crippen molar-refractivity contribution in [3.63, 3.8) is 0 Å². The van der Waals surface area contributed by atoms with E-state index in [1.165, 1.54) is 0 Å². The van der Waals surface area contributed by atoms with Crippen molar-refractivity contribution >= 4 is 11.6 Å². The fraction of sp³-hybridized carbons (Fsp3) is 0.438. The zero-order valence-electron chi connectivity index (χ0n) is 12.4. The number of hydrogen-bond acceptors (Lipinski definition) is 3. The standard InChI is InChI=1S/C16H22N4O/c1-3-9-18-16(17-4-2)20-12-10-19(11-13-20)14-7-5-6-8-15(14)21/h1,5-8,21H,4,9-13H2,2H3,(H,17,18). The second-order valence-electron chi connectivity index (χ2n) is 4.84. The van der Waals surface area contributed by atoms with Gasteiger partial charge in [-0.15, -0.1) is 6.42 Å². The van der Waals surface area contributed by atoms with Crippen molar-refractivity contribution in [3.05, 3.63) is 24.3 Å². The minimum atomic E-state index is 0.332. The van der Waals surface area contributed by atoms with Crippen LogP contribution in [0, 0.1) is 12.3 Å². The molecule has 1 saturated heterocycles. The Morgan fingerprint density at radius 3 is 2.67 bits per heavy atom. The van der Waals surface area contributed by atoms with Crippen LogP contribution in [0.4, 0.5) is 5.69 Å². The Labute approximate surface area is 126 Å². The van der Waals surface area contributed by atoms with E-state index in [-0.39, 0.29) is 0 Å². The summed E-state index contributed by atoms with van der Waals surface area (Å²) in [6.45, 7) is 6.65. The van der Waals surface area contributed by atoms with Crippen molar-refractivity contribution in [3.8, 4) is 18.1 Å². The third-order valence-corrected chi connectivity index (χ3v) is 3.46. The first-order chi connectivity index (χ1) is 10.3. The molecule has 21 heavy (non-hydrogen) atoms. The number of phenolic OH excluding ortho intramolecular Hbond substituents is 1. The number of para-hydroxylation sites is 2. The molecule has 0 aliphatic carbocycles. The highest BCUT2D eigenvalue weighted by Crippen LogP contribution is 2.27. The lowest BCUT2D eigenvalue weighted by Gasteiger charge is -2.37. The molecule has 0 aromatic heterocycles. The van der Waals surface area contributed by atoms with Gasteiger partial charge in [0.05, 0.1) is 5.69 Å². The average Bonchev–Trinajstić information content (AvgIpc) is 2.52. The molecule has 1 aromatic carbocycles. The van der Waals surface area contributed by atoms with E-state index in [9.17, 15) is 5.11 Å². The summed E-state index contributed by atoms with van der Waals surface area (Å²) >= 11 is 0. The van der Waals surface area contributed by atoms with Crippen molar-refractivity contribution < 1.29 is 5.11 Å². The summed E-state index contributed by atoms with van der Waals surface area (Å²) in [4.78, 5) is 8.80. The van der Waals surface area contributed by atoms with Gasteiger partial charge in [0.1, 0.15) is 12.3 Å². The first-order valence-electron chi connectivity index (χ1n) is 7.26. The van der Waals surface area contributed by atoms with Gasteiger partial charge in [0, 0.05) is 32.7 Å². The topological polar surface area (TPSA) is 51.1 Å². The highest BCUT2D eigenvalue weighted by atomic mass is 16.3. The van der Waals surface area contributed by atoms with Gasteiger partial charge in [0.15, 0.2) is 5.96 Å². The lowest BCUT2D eigenvalue weighted by molar-refractivity contribution is 0.370. The number of phenols is 1. The zero-order chi connectivity index (χ0) is 15.1. The van der Waals surface area contributed by atoms with Gasteiger partial charge in [0.2, 0.25) is 0 Å². The number of nitrogens with one attached hydrogen (secondary N) is 1. The lowest BCUT2D eigenvalue weighted by atomic mass is 10.2. The predicted octanol–water partition coefficient (Wildman–Crippen LogP) is 1.11. The number of anilines is 1. The summed E-state index contributed by atoms with van der Waals surface area (Å²) < 4.78 is 0. The van der Waals surface area contributed by atoms with Crippen molar-refractivity contribution in [2.75, 3.05) is 44.2 Å². The normalized spacial score (nSPS) is 15.7. The first kappa shape index (κ1) is 15.0. The molecule has 0 atom stereocenters. The van der Waals surface area contributed by atoms with Crippen molar-refractivity contribution in [2.24, 2.45) is 4.99 Å². The number of terminal acetylenes is 1. The van der Waals surface area contributed by atoms with Crippen molar-refractivity contribution in [2.45, 2.75) is 6.92 Å². The Morgan fingerprint density at radius 2 is 2.05 bits per heavy atom. The monoisotopic (exact) mass is 286 g/mol. The summed E-state index contributed by atoms with van der Waals surface area (Å²) in [6.07, 6.45) is 5.28. The van der Waals surface area contributed by atoms with Crippen LogP contribution in [-0.2, 0) is 0 Å². The second kappa shape index (κ2) is 7.44. The van der Waals surface area contributed by atoms with E-state index in [1.54, 1.807) is 6.07 Å². The van der Waals surface area contributed by atoms with Crippen LogP contribution < -0.4 is 10.2 Å². The molecular weight excluding hydrogens is 264 g/mol. The molecule has 1 aliphatic rings. The fourth-order valence-corrected chi connectivity index (χ4v) is 2.44. The molecule has 112 valence electrons. The van der Waals surface area contributed by atoms with E-state index >= 15 is 0 Å². The van der Waals surface area contributed by atoms with E-state index in [0.29, 0.717) is 12.3 Å². The van der Waals surface area contributed by atoms with Crippen LogP contribution in [0.5, 0.6) is 5.75 Å². The van der Waals surface area contributed by atoms with Gasteiger partial charge < -0.3 is 20.2 Å². The summed E-state index contributed by atoms with van der Waals surface area (Å²) in [7, 11) is 0. The zero-order valence-corrected chi connectivity index (χ0v) is 12.4. The maximum Gasteiger partial charge on any atom is 0.195 e. The van der Waals surface area contributed by atoms with Crippen LogP contribution in [0.3, 0.4) is 0 Å². The number of nitrogens with zero attached hydrogens (tertiary/aromatic N) is 3. The largest absolute Gasteiger partial charge is 0.506 e. The highest BCUT2D eigenvalue weighted by molar-refractivity contribution is 5.80. The average molecular weight is 286 g/mol. The molecule has 1 heterocycles. The molecule has 0 radical (unpaired) electrons. The molecular formula is C16H22N4O. The third kappa shape index (κ3) is 3.82. The highest BCUT2D eigenvalue weighted by Gasteiger charge is 2.21. The third-order valence-electron chi connectivity index (χ3n) is 3.46. The fourth-order valence-electron chi connectivity index (χ4n) is 2.44. The summed E-state index contributed by atoms with van der Waals surface area (Å²) in [5, 5.41) is 13.2. The molecule has 2 rings (SSSR count). The lowest BCUT2D eigenvalue weighted by Crippen LogP contribution is -2.52. The van der Waals surface area contributed by atoms with Gasteiger partial charge >= 0.3 is 0 Å². The number of hydrogen-bond donors (Lipinski definition) is 2. The molecule has 1 aliphatic heterocycles. The van der Waals surface area contributed by atoms with E-state index in [2.05, 4.69) is 26.0 Å². The van der Waals surface area contributed by atoms with Crippen LogP contribution in [-0.4, -0.2) is 55.2 Å². The second-order valence-corrected chi connectivity index (χ2v) is 4.84. The molecule has 0 saturated carbocycles. The first-order valence-corrected chi connectivity index (χ1v) is 7.26. The number of piperazine rings is 1. The molecule has 5 nitrogen and oxygen atoms in total. The van der Waals surface area contributed by atoms with Gasteiger partial charge in [-0.05, 0) is 19.1 Å². The van der Waals surface area contributed by atoms with Gasteiger partial charge in [-0.2, -0.15) is 0 Å². The minimum Gasteiger partial charge on any atom is -0.506 e. The minimum absolute atomic E-state index is 0.332. The Morgan fingerprint density at radius 1 is 1.33 bits per heavy atom. The summed E-state index contributed by atoms with van der Waals surface area (Å²) in [6, 6.07) is 7.45. The van der Waals surface area contributed by atoms with E-state index in [0.717, 1.165) is 44.4 Å². The van der Waals surface area contributed by atoms with Crippen LogP contribution in [0.2, 0.25) is 0 Å². The van der Waals surface area contributed by atoms with Gasteiger partial charge in [0.25, 0.3) is 0 Å². The molecule has 0 spiro atoms. The Kier molecular flexibility index (Phi) is 5.33. The van der Waals surface area contributed by atoms with Gasteiger partial charge in [-0.1, -0.05) is 18.1 Å². The molecule has 2 N–H and O–H groups in total. The van der Waals surface area contributed by atoms with Crippen LogP contribution >= 0.6 is 0 Å². The SMILES string of the molecule is C#CCN=C(NCC)N1CCN(c2ccccc2O)CC1.